The molecule has 134 valence electrons. The van der Waals surface area contributed by atoms with Gasteiger partial charge in [0.25, 0.3) is 0 Å². The van der Waals surface area contributed by atoms with Crippen molar-refractivity contribution in [2.45, 2.75) is 32.0 Å². The molecule has 0 aliphatic carbocycles. The normalized spacial score (nSPS) is 13.4. The van der Waals surface area contributed by atoms with Crippen molar-refractivity contribution in [1.29, 1.82) is 0 Å². The van der Waals surface area contributed by atoms with Crippen LogP contribution < -0.4 is 5.32 Å². The first-order chi connectivity index (χ1) is 11.8. The van der Waals surface area contributed by atoms with Crippen molar-refractivity contribution in [2.24, 2.45) is 0 Å². The van der Waals surface area contributed by atoms with Gasteiger partial charge in [-0.2, -0.15) is 0 Å². The van der Waals surface area contributed by atoms with Crippen LogP contribution in [0.3, 0.4) is 0 Å². The largest absolute Gasteiger partial charge is 0.480 e. The molecule has 0 fully saturated rings. The lowest BCUT2D eigenvalue weighted by Gasteiger charge is -2.18. The summed E-state index contributed by atoms with van der Waals surface area (Å²) in [5.74, 6) is -2.25. The molecule has 1 aromatic carbocycles. The van der Waals surface area contributed by atoms with Gasteiger partial charge in [-0.1, -0.05) is 23.2 Å². The first-order valence-electron chi connectivity index (χ1n) is 7.42. The zero-order chi connectivity index (χ0) is 18.6. The maximum atomic E-state index is 11.4. The van der Waals surface area contributed by atoms with Crippen LogP contribution in [0.15, 0.2) is 30.7 Å². The topological polar surface area (TPSA) is 104 Å². The SMILES string of the molecule is C[C@@H](N[C@@H](Cc1cncn1Cc1cc(Cl)cc(Cl)c1)C(=O)O)C(=O)O. The zero-order valence-corrected chi connectivity index (χ0v) is 14.8. The highest BCUT2D eigenvalue weighted by Gasteiger charge is 2.24. The van der Waals surface area contributed by atoms with Gasteiger partial charge in [-0.15, -0.1) is 0 Å². The third-order valence-electron chi connectivity index (χ3n) is 3.61. The van der Waals surface area contributed by atoms with Crippen LogP contribution >= 0.6 is 23.2 Å². The van der Waals surface area contributed by atoms with Crippen molar-refractivity contribution in [3.8, 4) is 0 Å². The second-order valence-corrected chi connectivity index (χ2v) is 6.48. The number of imidazole rings is 1. The van der Waals surface area contributed by atoms with Gasteiger partial charge >= 0.3 is 11.9 Å². The van der Waals surface area contributed by atoms with Crippen LogP contribution in [-0.2, 0) is 22.6 Å². The molecule has 25 heavy (non-hydrogen) atoms. The quantitative estimate of drug-likeness (QED) is 0.643. The number of halogens is 2. The number of hydrogen-bond donors (Lipinski definition) is 3. The van der Waals surface area contributed by atoms with Crippen LogP contribution in [0.5, 0.6) is 0 Å². The number of carboxylic acids is 2. The summed E-state index contributed by atoms with van der Waals surface area (Å²) in [7, 11) is 0. The fourth-order valence-corrected chi connectivity index (χ4v) is 2.93. The number of aliphatic carboxylic acids is 2. The van der Waals surface area contributed by atoms with E-state index in [1.54, 1.807) is 35.3 Å². The minimum Gasteiger partial charge on any atom is -0.480 e. The number of aromatic nitrogens is 2. The fourth-order valence-electron chi connectivity index (χ4n) is 2.36. The van der Waals surface area contributed by atoms with E-state index in [-0.39, 0.29) is 6.42 Å². The number of carbonyl (C=O) groups is 2. The Kier molecular flexibility index (Phi) is 6.41. The molecular weight excluding hydrogens is 369 g/mol. The molecule has 0 saturated heterocycles. The summed E-state index contributed by atoms with van der Waals surface area (Å²) in [6, 6.07) is 3.11. The maximum Gasteiger partial charge on any atom is 0.321 e. The third-order valence-corrected chi connectivity index (χ3v) is 4.04. The van der Waals surface area contributed by atoms with E-state index >= 15 is 0 Å². The van der Waals surface area contributed by atoms with E-state index in [4.69, 9.17) is 28.3 Å². The van der Waals surface area contributed by atoms with E-state index < -0.39 is 24.0 Å². The molecule has 7 nitrogen and oxygen atoms in total. The maximum absolute atomic E-state index is 11.4. The summed E-state index contributed by atoms with van der Waals surface area (Å²) < 4.78 is 1.77. The molecule has 0 radical (unpaired) electrons. The van der Waals surface area contributed by atoms with E-state index in [0.29, 0.717) is 22.3 Å². The Balaban J connectivity index is 2.16. The molecule has 2 atom stereocenters. The number of nitrogens with one attached hydrogen (secondary N) is 1. The number of benzene rings is 1. The molecular formula is C16H17Cl2N3O4. The molecule has 9 heteroatoms. The summed E-state index contributed by atoms with van der Waals surface area (Å²) in [6.07, 6.45) is 3.21. The lowest BCUT2D eigenvalue weighted by atomic mass is 10.1. The predicted molar refractivity (Wildman–Crippen MR) is 93.2 cm³/mol. The highest BCUT2D eigenvalue weighted by atomic mass is 35.5. The Bertz CT molecular complexity index is 758. The van der Waals surface area contributed by atoms with Crippen molar-refractivity contribution in [2.75, 3.05) is 0 Å². The highest BCUT2D eigenvalue weighted by Crippen LogP contribution is 2.20. The van der Waals surface area contributed by atoms with Crippen LogP contribution in [0, 0.1) is 0 Å². The van der Waals surface area contributed by atoms with Gasteiger partial charge in [0.1, 0.15) is 12.1 Å². The minimum absolute atomic E-state index is 0.0846. The van der Waals surface area contributed by atoms with Crippen molar-refractivity contribution in [1.82, 2.24) is 14.9 Å². The molecule has 0 aliphatic heterocycles. The predicted octanol–water partition coefficient (Wildman–Crippen LogP) is 2.30. The fraction of sp³-hybridized carbons (Fsp3) is 0.312. The van der Waals surface area contributed by atoms with E-state index in [1.165, 1.54) is 6.92 Å². The Hall–Kier alpha value is -2.09. The van der Waals surface area contributed by atoms with Gasteiger partial charge in [-0.05, 0) is 30.7 Å². The summed E-state index contributed by atoms with van der Waals surface area (Å²) in [4.78, 5) is 26.4. The van der Waals surface area contributed by atoms with Crippen LogP contribution in [0.1, 0.15) is 18.2 Å². The molecule has 3 N–H and O–H groups in total. The summed E-state index contributed by atoms with van der Waals surface area (Å²) >= 11 is 12.0. The van der Waals surface area contributed by atoms with Crippen molar-refractivity contribution in [3.63, 3.8) is 0 Å². The van der Waals surface area contributed by atoms with Gasteiger partial charge < -0.3 is 14.8 Å². The third kappa shape index (κ3) is 5.45. The Morgan fingerprint density at radius 3 is 2.40 bits per heavy atom. The summed E-state index contributed by atoms with van der Waals surface area (Å²) in [5, 5.41) is 21.9. The van der Waals surface area contributed by atoms with E-state index in [9.17, 15) is 14.7 Å². The average molecular weight is 386 g/mol. The van der Waals surface area contributed by atoms with Crippen molar-refractivity contribution in [3.05, 3.63) is 52.0 Å². The average Bonchev–Trinajstić information content (AvgIpc) is 2.92. The number of rotatable bonds is 8. The van der Waals surface area contributed by atoms with Gasteiger partial charge in [0.15, 0.2) is 0 Å². The van der Waals surface area contributed by atoms with Gasteiger partial charge in [-0.25, -0.2) is 4.98 Å². The first kappa shape index (κ1) is 19.2. The second-order valence-electron chi connectivity index (χ2n) is 5.61. The molecule has 2 rings (SSSR count). The highest BCUT2D eigenvalue weighted by molar-refractivity contribution is 6.34. The number of carboxylic acid groups (broad SMARTS) is 2. The smallest absolute Gasteiger partial charge is 0.321 e. The Labute approximate surface area is 154 Å². The van der Waals surface area contributed by atoms with E-state index in [2.05, 4.69) is 10.3 Å². The molecule has 0 aliphatic rings. The van der Waals surface area contributed by atoms with E-state index in [1.807, 2.05) is 0 Å². The number of hydrogen-bond acceptors (Lipinski definition) is 4. The second kappa shape index (κ2) is 8.33. The standard InChI is InChI=1S/C16H17Cl2N3O4/c1-9(15(22)23)20-14(16(24)25)5-13-6-19-8-21(13)7-10-2-11(17)4-12(18)3-10/h2-4,6,8-9,14,20H,5,7H2,1H3,(H,22,23)(H,24,25)/t9-,14+/m1/s1. The molecule has 0 unspecified atom stereocenters. The lowest BCUT2D eigenvalue weighted by Crippen LogP contribution is -2.47. The monoisotopic (exact) mass is 385 g/mol. The number of nitrogens with zero attached hydrogens (tertiary/aromatic N) is 2. The van der Waals surface area contributed by atoms with Crippen molar-refractivity contribution >= 4 is 35.1 Å². The van der Waals surface area contributed by atoms with Gasteiger partial charge in [0.05, 0.1) is 6.33 Å². The van der Waals surface area contributed by atoms with Gasteiger partial charge in [0, 0.05) is 34.9 Å². The van der Waals surface area contributed by atoms with Crippen LogP contribution in [0.25, 0.3) is 0 Å². The first-order valence-corrected chi connectivity index (χ1v) is 8.17. The van der Waals surface area contributed by atoms with Gasteiger partial charge in [-0.3, -0.25) is 14.9 Å². The Morgan fingerprint density at radius 2 is 1.84 bits per heavy atom. The van der Waals surface area contributed by atoms with Gasteiger partial charge in [0.2, 0.25) is 0 Å². The minimum atomic E-state index is -1.13. The molecule has 2 aromatic rings. The molecule has 1 aromatic heterocycles. The summed E-state index contributed by atoms with van der Waals surface area (Å²) in [6.45, 7) is 1.81. The molecule has 0 saturated carbocycles. The Morgan fingerprint density at radius 1 is 1.20 bits per heavy atom. The molecule has 1 heterocycles. The van der Waals surface area contributed by atoms with Crippen LogP contribution in [-0.4, -0.2) is 43.8 Å². The van der Waals surface area contributed by atoms with Crippen LogP contribution in [0.4, 0.5) is 0 Å². The van der Waals surface area contributed by atoms with Crippen LogP contribution in [0.2, 0.25) is 10.0 Å². The lowest BCUT2D eigenvalue weighted by molar-refractivity contribution is -0.142. The van der Waals surface area contributed by atoms with Crippen molar-refractivity contribution < 1.29 is 19.8 Å². The summed E-state index contributed by atoms with van der Waals surface area (Å²) in [5.41, 5.74) is 1.49. The molecule has 0 spiro atoms. The molecule has 0 amide bonds. The zero-order valence-electron chi connectivity index (χ0n) is 13.3. The molecule has 0 bridgehead atoms. The van der Waals surface area contributed by atoms with E-state index in [0.717, 1.165) is 5.56 Å².